The fourth-order valence-electron chi connectivity index (χ4n) is 12.2. The molecule has 4 aliphatic rings. The van der Waals surface area contributed by atoms with Crippen LogP contribution in [0.5, 0.6) is 0 Å². The molecule has 0 amide bonds. The highest BCUT2D eigenvalue weighted by Crippen LogP contribution is 2.64. The standard InChI is InChI=1S/C64H38N4S2/c1-3-22-46-42(19-1)45-38-41(34-35-48(45)63(46)49-24-5-9-30-55(49)69-56-31-10-6-25-50(56)63)61-66-60(40-18-15-17-39(37-40)54-29-13-14-36-65-54)67-62(68-61)44-21-16-28-53-59(44)43-20-2-4-23-47(43)64(53)51-26-7-11-32-57(51)70-58-33-12-8-27-52(58)64/h1-38H. The van der Waals surface area contributed by atoms with E-state index >= 15 is 0 Å². The Morgan fingerprint density at radius 2 is 0.729 bits per heavy atom. The number of benzene rings is 9. The highest BCUT2D eigenvalue weighted by atomic mass is 32.2. The van der Waals surface area contributed by atoms with Crippen molar-refractivity contribution < 1.29 is 0 Å². The molecule has 15 rings (SSSR count). The van der Waals surface area contributed by atoms with Gasteiger partial charge in [-0.25, -0.2) is 15.0 Å². The van der Waals surface area contributed by atoms with Crippen molar-refractivity contribution in [2.45, 2.75) is 30.4 Å². The van der Waals surface area contributed by atoms with Gasteiger partial charge in [0.2, 0.25) is 0 Å². The van der Waals surface area contributed by atoms with Crippen LogP contribution in [0.3, 0.4) is 0 Å². The molecule has 2 aliphatic carbocycles. The van der Waals surface area contributed by atoms with E-state index in [-0.39, 0.29) is 0 Å². The molecule has 0 saturated carbocycles. The molecule has 326 valence electrons. The molecule has 4 nitrogen and oxygen atoms in total. The van der Waals surface area contributed by atoms with Gasteiger partial charge in [0.05, 0.1) is 16.5 Å². The molecular weight excluding hydrogens is 889 g/mol. The van der Waals surface area contributed by atoms with E-state index in [1.807, 2.05) is 47.9 Å². The van der Waals surface area contributed by atoms with Crippen LogP contribution in [0.2, 0.25) is 0 Å². The topological polar surface area (TPSA) is 51.6 Å². The van der Waals surface area contributed by atoms with Crippen molar-refractivity contribution in [2.24, 2.45) is 0 Å². The van der Waals surface area contributed by atoms with E-state index < -0.39 is 10.8 Å². The lowest BCUT2D eigenvalue weighted by Crippen LogP contribution is -2.31. The highest BCUT2D eigenvalue weighted by Gasteiger charge is 2.52. The minimum Gasteiger partial charge on any atom is -0.256 e. The quantitative estimate of drug-likeness (QED) is 0.175. The van der Waals surface area contributed by atoms with Gasteiger partial charge >= 0.3 is 0 Å². The number of nitrogens with zero attached hydrogens (tertiary/aromatic N) is 4. The summed E-state index contributed by atoms with van der Waals surface area (Å²) in [6.45, 7) is 0. The molecule has 0 bridgehead atoms. The molecular formula is C64H38N4S2. The van der Waals surface area contributed by atoms with Crippen molar-refractivity contribution in [1.29, 1.82) is 0 Å². The van der Waals surface area contributed by atoms with Gasteiger partial charge in [0, 0.05) is 48.0 Å². The van der Waals surface area contributed by atoms with E-state index in [4.69, 9.17) is 19.9 Å². The van der Waals surface area contributed by atoms with Crippen molar-refractivity contribution in [3.05, 3.63) is 275 Å². The monoisotopic (exact) mass is 926 g/mol. The Labute approximate surface area is 414 Å². The maximum Gasteiger partial charge on any atom is 0.164 e. The van der Waals surface area contributed by atoms with E-state index in [1.165, 1.54) is 80.8 Å². The Hall–Kier alpha value is -8.16. The van der Waals surface area contributed by atoms with Crippen LogP contribution in [0, 0.1) is 0 Å². The van der Waals surface area contributed by atoms with Gasteiger partial charge in [-0.3, -0.25) is 4.98 Å². The van der Waals surface area contributed by atoms with Gasteiger partial charge in [-0.05, 0) is 115 Å². The summed E-state index contributed by atoms with van der Waals surface area (Å²) in [6.07, 6.45) is 1.84. The van der Waals surface area contributed by atoms with Crippen LogP contribution < -0.4 is 0 Å². The third kappa shape index (κ3) is 5.46. The molecule has 4 heterocycles. The van der Waals surface area contributed by atoms with Crippen molar-refractivity contribution in [1.82, 2.24) is 19.9 Å². The SMILES string of the molecule is c1ccc(-c2cccc(-c3nc(-c4ccc5c(c4)-c4ccccc4C54c5ccccc5Sc5ccccc54)nc(-c4cccc5c4-c4ccccc4C54c5ccccc5Sc5ccccc54)n3)c2)nc1. The second-order valence-corrected chi connectivity index (χ2v) is 20.5. The van der Waals surface area contributed by atoms with E-state index in [0.29, 0.717) is 17.5 Å². The second-order valence-electron chi connectivity index (χ2n) is 18.4. The van der Waals surface area contributed by atoms with Crippen molar-refractivity contribution in [3.63, 3.8) is 0 Å². The summed E-state index contributed by atoms with van der Waals surface area (Å²) in [7, 11) is 0. The lowest BCUT2D eigenvalue weighted by molar-refractivity contribution is 0.722. The van der Waals surface area contributed by atoms with Crippen LogP contribution in [0.25, 0.3) is 67.7 Å². The lowest BCUT2D eigenvalue weighted by atomic mass is 9.67. The Kier molecular flexibility index (Phi) is 8.62. The van der Waals surface area contributed by atoms with Crippen LogP contribution in [0.1, 0.15) is 44.5 Å². The number of aromatic nitrogens is 4. The van der Waals surface area contributed by atoms with Crippen molar-refractivity contribution in [2.75, 3.05) is 0 Å². The third-order valence-electron chi connectivity index (χ3n) is 14.9. The summed E-state index contributed by atoms with van der Waals surface area (Å²) in [5.41, 5.74) is 18.7. The fraction of sp³-hybridized carbons (Fsp3) is 0.0312. The number of fused-ring (bicyclic) bond motifs is 18. The Balaban J connectivity index is 0.981. The highest BCUT2D eigenvalue weighted by molar-refractivity contribution is 7.99. The first-order valence-electron chi connectivity index (χ1n) is 23.7. The van der Waals surface area contributed by atoms with Crippen LogP contribution in [-0.4, -0.2) is 19.9 Å². The summed E-state index contributed by atoms with van der Waals surface area (Å²) >= 11 is 3.72. The predicted octanol–water partition coefficient (Wildman–Crippen LogP) is 15.6. The molecule has 11 aromatic rings. The van der Waals surface area contributed by atoms with Gasteiger partial charge in [0.15, 0.2) is 17.5 Å². The number of hydrogen-bond donors (Lipinski definition) is 0. The van der Waals surface area contributed by atoms with E-state index in [9.17, 15) is 0 Å². The van der Waals surface area contributed by atoms with Gasteiger partial charge in [-0.2, -0.15) is 0 Å². The first-order chi connectivity index (χ1) is 34.7. The van der Waals surface area contributed by atoms with Crippen LogP contribution in [0.15, 0.2) is 250 Å². The van der Waals surface area contributed by atoms with Crippen molar-refractivity contribution >= 4 is 23.5 Å². The predicted molar refractivity (Wildman–Crippen MR) is 282 cm³/mol. The summed E-state index contributed by atoms with van der Waals surface area (Å²) in [5, 5.41) is 0. The molecule has 0 unspecified atom stereocenters. The maximum atomic E-state index is 5.57. The lowest BCUT2D eigenvalue weighted by Gasteiger charge is -2.39. The molecule has 70 heavy (non-hydrogen) atoms. The average Bonchev–Trinajstić information content (AvgIpc) is 3.89. The minimum absolute atomic E-state index is 0.479. The number of hydrogen-bond acceptors (Lipinski definition) is 6. The zero-order valence-corrected chi connectivity index (χ0v) is 39.2. The number of rotatable bonds is 4. The first-order valence-corrected chi connectivity index (χ1v) is 25.3. The Morgan fingerprint density at radius 3 is 1.34 bits per heavy atom. The molecule has 2 aliphatic heterocycles. The zero-order chi connectivity index (χ0) is 46.0. The van der Waals surface area contributed by atoms with E-state index in [1.54, 1.807) is 0 Å². The van der Waals surface area contributed by atoms with E-state index in [2.05, 4.69) is 206 Å². The van der Waals surface area contributed by atoms with Crippen molar-refractivity contribution in [3.8, 4) is 67.7 Å². The summed E-state index contributed by atoms with van der Waals surface area (Å²) in [6, 6.07) is 81.8. The smallest absolute Gasteiger partial charge is 0.164 e. The van der Waals surface area contributed by atoms with E-state index in [0.717, 1.165) is 33.5 Å². The van der Waals surface area contributed by atoms with Crippen LogP contribution in [-0.2, 0) is 10.8 Å². The summed E-state index contributed by atoms with van der Waals surface area (Å²) < 4.78 is 0. The molecule has 0 saturated heterocycles. The largest absolute Gasteiger partial charge is 0.256 e. The fourth-order valence-corrected chi connectivity index (χ4v) is 14.6. The maximum absolute atomic E-state index is 5.57. The second kappa shape index (κ2) is 15.2. The van der Waals surface area contributed by atoms with Gasteiger partial charge in [-0.15, -0.1) is 0 Å². The molecule has 9 aromatic carbocycles. The van der Waals surface area contributed by atoms with Crippen LogP contribution >= 0.6 is 23.5 Å². The molecule has 2 spiro atoms. The molecule has 2 aromatic heterocycles. The van der Waals surface area contributed by atoms with Gasteiger partial charge in [0.25, 0.3) is 0 Å². The van der Waals surface area contributed by atoms with Crippen LogP contribution in [0.4, 0.5) is 0 Å². The number of pyridine rings is 1. The molecule has 0 fully saturated rings. The Morgan fingerprint density at radius 1 is 0.286 bits per heavy atom. The zero-order valence-electron chi connectivity index (χ0n) is 37.5. The summed E-state index contributed by atoms with van der Waals surface area (Å²) in [4.78, 5) is 26.3. The molecule has 0 atom stereocenters. The van der Waals surface area contributed by atoms with Gasteiger partial charge < -0.3 is 0 Å². The average molecular weight is 927 g/mol. The third-order valence-corrected chi connectivity index (χ3v) is 17.2. The van der Waals surface area contributed by atoms with Gasteiger partial charge in [0.1, 0.15) is 0 Å². The summed E-state index contributed by atoms with van der Waals surface area (Å²) in [5.74, 6) is 1.85. The molecule has 0 radical (unpaired) electrons. The minimum atomic E-state index is -0.533. The Bertz CT molecular complexity index is 3900. The molecule has 6 heteroatoms. The first kappa shape index (κ1) is 39.8. The molecule has 0 N–H and O–H groups in total. The van der Waals surface area contributed by atoms with Gasteiger partial charge in [-0.1, -0.05) is 199 Å². The normalized spacial score (nSPS) is 14.4.